The van der Waals surface area contributed by atoms with E-state index in [9.17, 15) is 47.1 Å². The molecule has 0 bridgehead atoms. The molecule has 2 heterocycles. The number of aliphatic carboxylic acids is 2. The maximum Gasteiger partial charge on any atom is 0.328 e. The van der Waals surface area contributed by atoms with E-state index in [1.54, 1.807) is 97.3 Å². The van der Waals surface area contributed by atoms with Gasteiger partial charge in [-0.2, -0.15) is 0 Å². The molecular formula is C62H54F2N8O14. The molecule has 6 aromatic carbocycles. The lowest BCUT2D eigenvalue weighted by Crippen LogP contribution is -2.35. The average Bonchev–Trinajstić information content (AvgIpc) is 1.73. The highest BCUT2D eigenvalue weighted by Crippen LogP contribution is 2.49. The molecule has 6 amide bonds. The van der Waals surface area contributed by atoms with Gasteiger partial charge in [0.1, 0.15) is 57.0 Å². The van der Waals surface area contributed by atoms with E-state index in [0.29, 0.717) is 128 Å². The van der Waals surface area contributed by atoms with Gasteiger partial charge in [-0.1, -0.05) is 0 Å². The molecule has 86 heavy (non-hydrogen) atoms. The molecule has 0 atom stereocenters. The lowest BCUT2D eigenvalue weighted by molar-refractivity contribution is -0.134. The summed E-state index contributed by atoms with van der Waals surface area (Å²) in [6, 6.07) is 34.2. The minimum atomic E-state index is -1.26. The lowest BCUT2D eigenvalue weighted by Gasteiger charge is -2.16. The van der Waals surface area contributed by atoms with E-state index in [1.807, 2.05) is 0 Å². The van der Waals surface area contributed by atoms with Crippen LogP contribution in [0.5, 0.6) is 34.5 Å². The Hall–Kier alpha value is -11.3. The minimum absolute atomic E-state index is 0.302. The number of halogens is 2. The molecule has 24 heteroatoms. The number of rotatable bonds is 18. The molecule has 0 aliphatic heterocycles. The number of carbonyl (C=O) groups is 8. The molecule has 8 aromatic rings. The molecule has 440 valence electrons. The number of nitrogens with one attached hydrogen (secondary N) is 6. The van der Waals surface area contributed by atoms with E-state index in [-0.39, 0.29) is 11.8 Å². The summed E-state index contributed by atoms with van der Waals surface area (Å²) in [5.41, 5.74) is 1.40. The Bertz CT molecular complexity index is 3680. The predicted molar refractivity (Wildman–Crippen MR) is 311 cm³/mol. The van der Waals surface area contributed by atoms with Crippen LogP contribution in [0, 0.1) is 22.5 Å². The van der Waals surface area contributed by atoms with Crippen LogP contribution >= 0.6 is 0 Å². The Kier molecular flexibility index (Phi) is 18.9. The number of carbonyl (C=O) groups excluding carboxylic acids is 6. The average molecular weight is 1170 g/mol. The van der Waals surface area contributed by atoms with Gasteiger partial charge in [-0.3, -0.25) is 38.7 Å². The van der Waals surface area contributed by atoms with Crippen molar-refractivity contribution in [2.75, 3.05) is 49.6 Å². The first-order valence-corrected chi connectivity index (χ1v) is 26.1. The van der Waals surface area contributed by atoms with E-state index in [4.69, 9.17) is 29.2 Å². The molecule has 0 radical (unpaired) electrons. The third-order valence-corrected chi connectivity index (χ3v) is 13.5. The zero-order chi connectivity index (χ0) is 61.7. The summed E-state index contributed by atoms with van der Waals surface area (Å²) in [5.74, 6) is -2.87. The fraction of sp³-hybridized carbons (Fsp3) is 0.161. The topological polar surface area (TPSA) is 312 Å². The van der Waals surface area contributed by atoms with Crippen LogP contribution in [-0.2, 0) is 28.8 Å². The third kappa shape index (κ3) is 14.7. The number of anilines is 4. The Morgan fingerprint density at radius 1 is 0.453 bits per heavy atom. The summed E-state index contributed by atoms with van der Waals surface area (Å²) < 4.78 is 49.1. The summed E-state index contributed by atoms with van der Waals surface area (Å²) in [6.45, 7) is 0. The first kappa shape index (κ1) is 60.8. The van der Waals surface area contributed by atoms with E-state index in [0.717, 1.165) is 0 Å². The van der Waals surface area contributed by atoms with Crippen LogP contribution in [0.2, 0.25) is 0 Å². The summed E-state index contributed by atoms with van der Waals surface area (Å²) >= 11 is 0. The second kappa shape index (κ2) is 26.7. The van der Waals surface area contributed by atoms with Crippen molar-refractivity contribution in [1.29, 1.82) is 0 Å². The highest BCUT2D eigenvalue weighted by atomic mass is 19.1. The Labute approximate surface area is 488 Å². The predicted octanol–water partition coefficient (Wildman–Crippen LogP) is 9.50. The first-order chi connectivity index (χ1) is 41.3. The molecule has 10 rings (SSSR count). The van der Waals surface area contributed by atoms with Crippen molar-refractivity contribution >= 4 is 91.9 Å². The van der Waals surface area contributed by atoms with Crippen molar-refractivity contribution in [2.45, 2.75) is 25.7 Å². The number of aromatic nitrogens is 2. The van der Waals surface area contributed by atoms with Gasteiger partial charge < -0.3 is 61.1 Å². The lowest BCUT2D eigenvalue weighted by atomic mass is 10.0. The van der Waals surface area contributed by atoms with Crippen LogP contribution < -0.4 is 50.8 Å². The number of benzene rings is 6. The van der Waals surface area contributed by atoms with E-state index in [1.165, 1.54) is 76.8 Å². The summed E-state index contributed by atoms with van der Waals surface area (Å²) in [5, 5.41) is 33.0. The molecule has 2 aliphatic carbocycles. The molecule has 22 nitrogen and oxygen atoms in total. The van der Waals surface area contributed by atoms with Crippen molar-refractivity contribution in [1.82, 2.24) is 20.6 Å². The van der Waals surface area contributed by atoms with Gasteiger partial charge in [-0.05, 0) is 147 Å². The molecule has 2 aliphatic rings. The molecule has 0 saturated heterocycles. The number of methoxy groups -OCH3 is 2. The number of ether oxygens (including phenoxy) is 4. The van der Waals surface area contributed by atoms with Crippen LogP contribution in [0.1, 0.15) is 46.4 Å². The third-order valence-electron chi connectivity index (χ3n) is 13.5. The molecule has 2 fully saturated rings. The van der Waals surface area contributed by atoms with Crippen molar-refractivity contribution in [3.8, 4) is 34.5 Å². The highest BCUT2D eigenvalue weighted by Gasteiger charge is 2.57. The largest absolute Gasteiger partial charge is 0.496 e. The summed E-state index contributed by atoms with van der Waals surface area (Å²) in [4.78, 5) is 104. The van der Waals surface area contributed by atoms with Gasteiger partial charge >= 0.3 is 11.9 Å². The number of pyridine rings is 2. The monoisotopic (exact) mass is 1170 g/mol. The van der Waals surface area contributed by atoms with Crippen LogP contribution in [-0.4, -0.2) is 95.9 Å². The van der Waals surface area contributed by atoms with Gasteiger partial charge in [0, 0.05) is 84.3 Å². The molecule has 2 saturated carbocycles. The molecular weight excluding hydrogens is 1120 g/mol. The molecule has 0 unspecified atom stereocenters. The number of fused-ring (bicyclic) bond motifs is 2. The molecule has 2 aromatic heterocycles. The fourth-order valence-electron chi connectivity index (χ4n) is 8.48. The normalized spacial score (nSPS) is 13.0. The smallest absolute Gasteiger partial charge is 0.328 e. The fourth-order valence-corrected chi connectivity index (χ4v) is 8.48. The Morgan fingerprint density at radius 3 is 1.02 bits per heavy atom. The SMILES string of the molecule is CNC(=O)c1cc2c(Oc3ccc(NC(=O)C4(C(=O)Nc5ccc(F)cc5)CC4)cc3)ccnc2cc1OC.CNC(=O)c1cc2c(Oc3ccc(NC(=O)C4(C(=O)Nc5ccc(F)cc5)CC4)cc3)ccnc2cc1OC.O=C(O)/C=C/C(=O)O. The summed E-state index contributed by atoms with van der Waals surface area (Å²) in [7, 11) is 6.04. The van der Waals surface area contributed by atoms with Crippen LogP contribution in [0.4, 0.5) is 31.5 Å². The van der Waals surface area contributed by atoms with Gasteiger partial charge in [0.2, 0.25) is 23.6 Å². The van der Waals surface area contributed by atoms with Crippen molar-refractivity contribution in [2.24, 2.45) is 10.8 Å². The van der Waals surface area contributed by atoms with Gasteiger partial charge in [0.15, 0.2) is 0 Å². The van der Waals surface area contributed by atoms with Crippen molar-refractivity contribution in [3.63, 3.8) is 0 Å². The number of carboxylic acid groups (broad SMARTS) is 2. The summed E-state index contributed by atoms with van der Waals surface area (Å²) in [6.07, 6.45) is 5.99. The number of carboxylic acids is 2. The maximum absolute atomic E-state index is 13.1. The number of nitrogens with zero attached hydrogens (tertiary/aromatic N) is 2. The Morgan fingerprint density at radius 2 is 0.756 bits per heavy atom. The van der Waals surface area contributed by atoms with E-state index >= 15 is 0 Å². The standard InChI is InChI=1S/2C29H25FN4O5.C4H4O4/c2*1-31-26(35)22-15-21-23(16-25(22)38-2)32-14-11-24(21)39-20-9-7-19(8-10-20)34-28(37)29(12-13-29)27(36)33-18-5-3-17(30)4-6-18;5-3(6)1-2-4(7)8/h2*3-11,14-16H,12-13H2,1-2H3,(H,31,35)(H,33,36)(H,34,37);1-2H,(H,5,6)(H,7,8)/b;;2-1+. The quantitative estimate of drug-likeness (QED) is 0.0293. The zero-order valence-electron chi connectivity index (χ0n) is 46.3. The first-order valence-electron chi connectivity index (χ1n) is 26.1. The number of hydrogen-bond donors (Lipinski definition) is 8. The number of hydrogen-bond acceptors (Lipinski definition) is 14. The minimum Gasteiger partial charge on any atom is -0.496 e. The molecule has 0 spiro atoms. The van der Waals surface area contributed by atoms with Crippen LogP contribution in [0.3, 0.4) is 0 Å². The maximum atomic E-state index is 13.1. The molecule has 8 N–H and O–H groups in total. The van der Waals surface area contributed by atoms with Gasteiger partial charge in [-0.15, -0.1) is 0 Å². The van der Waals surface area contributed by atoms with E-state index < -0.39 is 58.0 Å². The van der Waals surface area contributed by atoms with Crippen molar-refractivity contribution < 1.29 is 76.3 Å². The highest BCUT2D eigenvalue weighted by molar-refractivity contribution is 6.18. The van der Waals surface area contributed by atoms with Crippen LogP contribution in [0.25, 0.3) is 21.8 Å². The second-order valence-corrected chi connectivity index (χ2v) is 19.2. The zero-order valence-corrected chi connectivity index (χ0v) is 46.3. The Balaban J connectivity index is 0.000000198. The van der Waals surface area contributed by atoms with E-state index in [2.05, 4.69) is 41.9 Å². The van der Waals surface area contributed by atoms with Gasteiger partial charge in [0.05, 0.1) is 36.4 Å². The number of amides is 6. The van der Waals surface area contributed by atoms with Crippen LogP contribution in [0.15, 0.2) is 158 Å². The van der Waals surface area contributed by atoms with Gasteiger partial charge in [-0.25, -0.2) is 18.4 Å². The second-order valence-electron chi connectivity index (χ2n) is 19.2. The van der Waals surface area contributed by atoms with Crippen molar-refractivity contribution in [3.05, 3.63) is 181 Å². The van der Waals surface area contributed by atoms with Gasteiger partial charge in [0.25, 0.3) is 11.8 Å².